The molecule has 156 valence electrons. The Hall–Kier alpha value is -3.06. The minimum Gasteiger partial charge on any atom is -0.396 e. The van der Waals surface area contributed by atoms with Crippen LogP contribution in [0.25, 0.3) is 5.65 Å². The smallest absolute Gasteiger partial charge is 0.274 e. The number of fused-ring (bicyclic) bond motifs is 1. The predicted molar refractivity (Wildman–Crippen MR) is 111 cm³/mol. The normalized spacial score (nSPS) is 19.0. The van der Waals surface area contributed by atoms with Crippen LogP contribution in [-0.4, -0.2) is 32.8 Å². The number of Topliss-reactive ketones (excluding diaryl/α,β-unsaturated/α-hetero) is 1. The second-order valence-corrected chi connectivity index (χ2v) is 7.84. The average Bonchev–Trinajstić information content (AvgIpc) is 3.20. The molecule has 0 bridgehead atoms. The molecule has 0 spiro atoms. The number of aromatic nitrogens is 2. The van der Waals surface area contributed by atoms with Crippen molar-refractivity contribution in [1.29, 1.82) is 0 Å². The van der Waals surface area contributed by atoms with Gasteiger partial charge in [0.2, 0.25) is 0 Å². The first kappa shape index (κ1) is 20.2. The van der Waals surface area contributed by atoms with E-state index in [4.69, 9.17) is 0 Å². The van der Waals surface area contributed by atoms with Gasteiger partial charge in [0.1, 0.15) is 17.2 Å². The van der Waals surface area contributed by atoms with Gasteiger partial charge in [-0.1, -0.05) is 18.9 Å². The Morgan fingerprint density at radius 1 is 1.17 bits per heavy atom. The van der Waals surface area contributed by atoms with Crippen molar-refractivity contribution in [2.75, 3.05) is 11.9 Å². The van der Waals surface area contributed by atoms with E-state index >= 15 is 0 Å². The van der Waals surface area contributed by atoms with E-state index in [0.717, 1.165) is 25.7 Å². The highest BCUT2D eigenvalue weighted by atomic mass is 19.1. The van der Waals surface area contributed by atoms with Crippen molar-refractivity contribution in [3.63, 3.8) is 0 Å². The lowest BCUT2D eigenvalue weighted by Gasteiger charge is -2.29. The number of ketones is 1. The number of rotatable bonds is 6. The minimum absolute atomic E-state index is 0.0425. The highest BCUT2D eigenvalue weighted by Crippen LogP contribution is 2.33. The summed E-state index contributed by atoms with van der Waals surface area (Å²) in [7, 11) is 0. The zero-order valence-electron chi connectivity index (χ0n) is 16.6. The summed E-state index contributed by atoms with van der Waals surface area (Å²) in [5, 5.41) is 12.1. The Labute approximate surface area is 173 Å². The van der Waals surface area contributed by atoms with E-state index in [1.165, 1.54) is 24.4 Å². The SMILES string of the molecule is O=C(C[C@H]1CCCC[C@@H]1CO)c1ccc(F)c(NC(=O)c2cnc3ccccn23)c1. The van der Waals surface area contributed by atoms with Crippen LogP contribution in [0.5, 0.6) is 0 Å². The Kier molecular flexibility index (Phi) is 5.90. The highest BCUT2D eigenvalue weighted by molar-refractivity contribution is 6.04. The number of carbonyl (C=O) groups excluding carboxylic acids is 2. The molecule has 2 heterocycles. The lowest BCUT2D eigenvalue weighted by Crippen LogP contribution is -2.25. The van der Waals surface area contributed by atoms with E-state index in [9.17, 15) is 19.1 Å². The number of halogens is 1. The van der Waals surface area contributed by atoms with E-state index in [1.807, 2.05) is 6.07 Å². The van der Waals surface area contributed by atoms with Crippen LogP contribution in [-0.2, 0) is 0 Å². The number of anilines is 1. The zero-order valence-corrected chi connectivity index (χ0v) is 16.6. The summed E-state index contributed by atoms with van der Waals surface area (Å²) in [5.74, 6) is -0.954. The molecule has 1 aliphatic rings. The van der Waals surface area contributed by atoms with Crippen LogP contribution >= 0.6 is 0 Å². The maximum absolute atomic E-state index is 14.3. The molecule has 4 rings (SSSR count). The molecule has 2 N–H and O–H groups in total. The Bertz CT molecular complexity index is 1080. The van der Waals surface area contributed by atoms with Crippen molar-refractivity contribution in [3.8, 4) is 0 Å². The molecule has 6 nitrogen and oxygen atoms in total. The van der Waals surface area contributed by atoms with Crippen molar-refractivity contribution in [3.05, 3.63) is 65.9 Å². The van der Waals surface area contributed by atoms with Crippen LogP contribution in [0.4, 0.5) is 10.1 Å². The molecule has 7 heteroatoms. The summed E-state index contributed by atoms with van der Waals surface area (Å²) in [6.45, 7) is 0.0853. The maximum atomic E-state index is 14.3. The summed E-state index contributed by atoms with van der Waals surface area (Å²) in [6, 6.07) is 9.37. The molecule has 3 aromatic rings. The van der Waals surface area contributed by atoms with Gasteiger partial charge in [0.05, 0.1) is 11.9 Å². The molecule has 0 aliphatic heterocycles. The van der Waals surface area contributed by atoms with E-state index in [0.29, 0.717) is 17.6 Å². The standard InChI is InChI=1S/C23H24FN3O3/c24-18-9-8-16(21(29)12-15-5-1-2-6-17(15)14-28)11-19(18)26-23(30)20-13-25-22-7-3-4-10-27(20)22/h3-4,7-11,13,15,17,28H,1-2,5-6,12,14H2,(H,26,30)/t15-,17-/m1/s1. The topological polar surface area (TPSA) is 83.7 Å². The molecule has 0 saturated heterocycles. The second-order valence-electron chi connectivity index (χ2n) is 7.84. The lowest BCUT2D eigenvalue weighted by molar-refractivity contribution is 0.0863. The van der Waals surface area contributed by atoms with Crippen molar-refractivity contribution in [2.45, 2.75) is 32.1 Å². The lowest BCUT2D eigenvalue weighted by atomic mass is 9.76. The number of nitrogens with zero attached hydrogens (tertiary/aromatic N) is 2. The van der Waals surface area contributed by atoms with Gasteiger partial charge in [0, 0.05) is 24.8 Å². The number of amides is 1. The van der Waals surface area contributed by atoms with E-state index in [-0.39, 0.29) is 35.6 Å². The molecule has 1 aromatic carbocycles. The molecule has 1 aliphatic carbocycles. The van der Waals surface area contributed by atoms with Gasteiger partial charge in [0.15, 0.2) is 5.78 Å². The number of imidazole rings is 1. The first-order chi connectivity index (χ1) is 14.6. The van der Waals surface area contributed by atoms with Gasteiger partial charge in [-0.15, -0.1) is 0 Å². The van der Waals surface area contributed by atoms with Gasteiger partial charge in [-0.25, -0.2) is 9.37 Å². The fourth-order valence-corrected chi connectivity index (χ4v) is 4.23. The van der Waals surface area contributed by atoms with Crippen LogP contribution in [0.15, 0.2) is 48.8 Å². The molecular formula is C23H24FN3O3. The third kappa shape index (κ3) is 4.11. The first-order valence-electron chi connectivity index (χ1n) is 10.2. The molecule has 0 radical (unpaired) electrons. The van der Waals surface area contributed by atoms with Crippen LogP contribution in [0.3, 0.4) is 0 Å². The number of hydrogen-bond donors (Lipinski definition) is 2. The van der Waals surface area contributed by atoms with Gasteiger partial charge >= 0.3 is 0 Å². The number of pyridine rings is 1. The fraction of sp³-hybridized carbons (Fsp3) is 0.348. The van der Waals surface area contributed by atoms with E-state index in [2.05, 4.69) is 10.3 Å². The maximum Gasteiger partial charge on any atom is 0.274 e. The number of aliphatic hydroxyl groups excluding tert-OH is 1. The molecular weight excluding hydrogens is 385 g/mol. The number of carbonyl (C=O) groups is 2. The summed E-state index contributed by atoms with van der Waals surface area (Å²) in [5.41, 5.74) is 1.19. The highest BCUT2D eigenvalue weighted by Gasteiger charge is 2.27. The van der Waals surface area contributed by atoms with Crippen LogP contribution in [0, 0.1) is 17.7 Å². The van der Waals surface area contributed by atoms with Crippen LogP contribution in [0.1, 0.15) is 53.0 Å². The third-order valence-electron chi connectivity index (χ3n) is 5.93. The number of benzene rings is 1. The molecule has 2 atom stereocenters. The van der Waals surface area contributed by atoms with E-state index in [1.54, 1.807) is 22.7 Å². The predicted octanol–water partition coefficient (Wildman–Crippen LogP) is 4.10. The van der Waals surface area contributed by atoms with E-state index < -0.39 is 11.7 Å². The fourth-order valence-electron chi connectivity index (χ4n) is 4.23. The Balaban J connectivity index is 1.51. The molecule has 1 fully saturated rings. The van der Waals surface area contributed by atoms with Gasteiger partial charge < -0.3 is 10.4 Å². The van der Waals surface area contributed by atoms with Crippen molar-refractivity contribution >= 4 is 23.0 Å². The van der Waals surface area contributed by atoms with Crippen molar-refractivity contribution in [2.24, 2.45) is 11.8 Å². The molecule has 2 aromatic heterocycles. The summed E-state index contributed by atoms with van der Waals surface area (Å²) < 4.78 is 16.0. The van der Waals surface area contributed by atoms with Gasteiger partial charge in [-0.3, -0.25) is 14.0 Å². The molecule has 1 saturated carbocycles. The number of nitrogens with one attached hydrogen (secondary N) is 1. The quantitative estimate of drug-likeness (QED) is 0.601. The molecule has 1 amide bonds. The Morgan fingerprint density at radius 2 is 1.97 bits per heavy atom. The summed E-state index contributed by atoms with van der Waals surface area (Å²) >= 11 is 0. The van der Waals surface area contributed by atoms with Crippen LogP contribution in [0.2, 0.25) is 0 Å². The second kappa shape index (κ2) is 8.75. The van der Waals surface area contributed by atoms with Gasteiger partial charge in [-0.05, 0) is 55.0 Å². The van der Waals surface area contributed by atoms with Gasteiger partial charge in [0.25, 0.3) is 5.91 Å². The van der Waals surface area contributed by atoms with Gasteiger partial charge in [-0.2, -0.15) is 0 Å². The molecule has 0 unspecified atom stereocenters. The van der Waals surface area contributed by atoms with Crippen LogP contribution < -0.4 is 5.32 Å². The summed E-state index contributed by atoms with van der Waals surface area (Å²) in [4.78, 5) is 29.6. The third-order valence-corrected chi connectivity index (χ3v) is 5.93. The number of aliphatic hydroxyl groups is 1. The number of hydrogen-bond acceptors (Lipinski definition) is 4. The zero-order chi connectivity index (χ0) is 21.1. The molecule has 30 heavy (non-hydrogen) atoms. The minimum atomic E-state index is -0.611. The first-order valence-corrected chi connectivity index (χ1v) is 10.2. The van der Waals surface area contributed by atoms with Crippen molar-refractivity contribution in [1.82, 2.24) is 9.38 Å². The average molecular weight is 409 g/mol. The largest absolute Gasteiger partial charge is 0.396 e. The van der Waals surface area contributed by atoms with Crippen molar-refractivity contribution < 1.29 is 19.1 Å². The summed E-state index contributed by atoms with van der Waals surface area (Å²) in [6.07, 6.45) is 7.42. The Morgan fingerprint density at radius 3 is 2.77 bits per heavy atom. The monoisotopic (exact) mass is 409 g/mol.